The van der Waals surface area contributed by atoms with Gasteiger partial charge in [0.15, 0.2) is 0 Å². The van der Waals surface area contributed by atoms with Crippen molar-refractivity contribution in [2.24, 2.45) is 0 Å². The fourth-order valence-corrected chi connectivity index (χ4v) is 2.52. The van der Waals surface area contributed by atoms with Crippen LogP contribution in [0.25, 0.3) is 0 Å². The van der Waals surface area contributed by atoms with Gasteiger partial charge < -0.3 is 10.0 Å². The summed E-state index contributed by atoms with van der Waals surface area (Å²) in [6.45, 7) is 2.60. The van der Waals surface area contributed by atoms with Gasteiger partial charge in [0, 0.05) is 17.1 Å². The van der Waals surface area contributed by atoms with Crippen molar-refractivity contribution in [2.45, 2.75) is 18.4 Å². The monoisotopic (exact) mass is 301 g/mol. The molecule has 2 rings (SSSR count). The van der Waals surface area contributed by atoms with Crippen LogP contribution in [0, 0.1) is 6.92 Å². The van der Waals surface area contributed by atoms with E-state index < -0.39 is 5.97 Å². The molecule has 2 aromatic carbocycles. The van der Waals surface area contributed by atoms with Crippen molar-refractivity contribution in [1.29, 1.82) is 0 Å². The second-order valence-electron chi connectivity index (χ2n) is 4.93. The van der Waals surface area contributed by atoms with Crippen LogP contribution in [0.5, 0.6) is 0 Å². The van der Waals surface area contributed by atoms with E-state index in [2.05, 4.69) is 24.3 Å². The molecule has 21 heavy (non-hydrogen) atoms. The van der Waals surface area contributed by atoms with Crippen molar-refractivity contribution in [3.63, 3.8) is 0 Å². The Hall–Kier alpha value is -1.94. The van der Waals surface area contributed by atoms with Crippen LogP contribution in [-0.4, -0.2) is 23.9 Å². The molecule has 0 heterocycles. The highest BCUT2D eigenvalue weighted by Gasteiger charge is 2.11. The quantitative estimate of drug-likeness (QED) is 0.824. The van der Waals surface area contributed by atoms with Gasteiger partial charge in [0.25, 0.3) is 0 Å². The van der Waals surface area contributed by atoms with Crippen LogP contribution in [0.2, 0.25) is 0 Å². The molecule has 110 valence electrons. The minimum absolute atomic E-state index is 0.00661. The molecular formula is C17H19NO2S. The highest BCUT2D eigenvalue weighted by molar-refractivity contribution is 7.98. The lowest BCUT2D eigenvalue weighted by Crippen LogP contribution is -2.29. The molecule has 0 atom stereocenters. The summed E-state index contributed by atoms with van der Waals surface area (Å²) in [5.74, 6) is -0.823. The fraction of sp³-hybridized carbons (Fsp3) is 0.235. The fourth-order valence-electron chi connectivity index (χ4n) is 2.11. The first kappa shape index (κ1) is 15.4. The molecule has 0 radical (unpaired) electrons. The maximum Gasteiger partial charge on any atom is 0.323 e. The van der Waals surface area contributed by atoms with Gasteiger partial charge in [0.1, 0.15) is 6.54 Å². The van der Waals surface area contributed by atoms with Gasteiger partial charge in [-0.2, -0.15) is 0 Å². The van der Waals surface area contributed by atoms with Crippen LogP contribution in [0.1, 0.15) is 11.1 Å². The smallest absolute Gasteiger partial charge is 0.323 e. The average Bonchev–Trinajstić information content (AvgIpc) is 2.48. The molecule has 0 aliphatic carbocycles. The number of rotatable bonds is 6. The number of aryl methyl sites for hydroxylation is 1. The van der Waals surface area contributed by atoms with E-state index in [-0.39, 0.29) is 6.54 Å². The van der Waals surface area contributed by atoms with Crippen molar-refractivity contribution in [2.75, 3.05) is 17.7 Å². The largest absolute Gasteiger partial charge is 0.480 e. The second-order valence-corrected chi connectivity index (χ2v) is 5.81. The molecule has 3 nitrogen and oxygen atoms in total. The minimum Gasteiger partial charge on any atom is -0.480 e. The number of carboxylic acids is 1. The molecule has 0 bridgehead atoms. The van der Waals surface area contributed by atoms with Crippen molar-refractivity contribution < 1.29 is 9.90 Å². The number of thioether (sulfide) groups is 1. The molecule has 0 aliphatic heterocycles. The normalized spacial score (nSPS) is 10.4. The van der Waals surface area contributed by atoms with Crippen molar-refractivity contribution in [1.82, 2.24) is 0 Å². The van der Waals surface area contributed by atoms with Gasteiger partial charge in [-0.1, -0.05) is 29.8 Å². The average molecular weight is 301 g/mol. The van der Waals surface area contributed by atoms with Gasteiger partial charge in [0.05, 0.1) is 0 Å². The molecule has 0 amide bonds. The number of anilines is 1. The summed E-state index contributed by atoms with van der Waals surface area (Å²) in [7, 11) is 0. The molecule has 0 aliphatic rings. The van der Waals surface area contributed by atoms with Gasteiger partial charge in [-0.15, -0.1) is 11.8 Å². The number of hydrogen-bond donors (Lipinski definition) is 1. The molecule has 0 spiro atoms. The molecule has 4 heteroatoms. The maximum atomic E-state index is 11.1. The first-order valence-electron chi connectivity index (χ1n) is 6.75. The van der Waals surface area contributed by atoms with Gasteiger partial charge >= 0.3 is 5.97 Å². The summed E-state index contributed by atoms with van der Waals surface area (Å²) in [4.78, 5) is 14.2. The van der Waals surface area contributed by atoms with Crippen LogP contribution >= 0.6 is 11.8 Å². The Morgan fingerprint density at radius 3 is 2.24 bits per heavy atom. The Kier molecular flexibility index (Phi) is 5.28. The molecule has 0 saturated heterocycles. The molecular weight excluding hydrogens is 282 g/mol. The van der Waals surface area contributed by atoms with E-state index in [1.807, 2.05) is 42.3 Å². The number of hydrogen-bond acceptors (Lipinski definition) is 3. The lowest BCUT2D eigenvalue weighted by Gasteiger charge is -2.23. The predicted octanol–water partition coefficient (Wildman–Crippen LogP) is 3.81. The Balaban J connectivity index is 2.19. The van der Waals surface area contributed by atoms with E-state index in [0.717, 1.165) is 11.3 Å². The third kappa shape index (κ3) is 4.53. The molecule has 2 aromatic rings. The molecule has 1 N–H and O–H groups in total. The van der Waals surface area contributed by atoms with Crippen molar-refractivity contribution in [3.8, 4) is 0 Å². The van der Waals surface area contributed by atoms with Crippen LogP contribution in [-0.2, 0) is 11.3 Å². The third-order valence-corrected chi connectivity index (χ3v) is 4.00. The third-order valence-electron chi connectivity index (χ3n) is 3.26. The van der Waals surface area contributed by atoms with E-state index in [9.17, 15) is 4.79 Å². The lowest BCUT2D eigenvalue weighted by atomic mass is 10.1. The molecule has 0 saturated carbocycles. The molecule has 0 unspecified atom stereocenters. The van der Waals surface area contributed by atoms with Crippen molar-refractivity contribution in [3.05, 3.63) is 59.7 Å². The number of nitrogens with zero attached hydrogens (tertiary/aromatic N) is 1. The SMILES string of the molecule is CSc1ccc(CN(CC(=O)O)c2ccc(C)cc2)cc1. The van der Waals surface area contributed by atoms with E-state index >= 15 is 0 Å². The maximum absolute atomic E-state index is 11.1. The van der Waals surface area contributed by atoms with Crippen LogP contribution in [0.3, 0.4) is 0 Å². The summed E-state index contributed by atoms with van der Waals surface area (Å²) in [6, 6.07) is 16.2. The number of carboxylic acid groups (broad SMARTS) is 1. The van der Waals surface area contributed by atoms with Crippen LogP contribution in [0.4, 0.5) is 5.69 Å². The molecule has 0 aromatic heterocycles. The zero-order valence-corrected chi connectivity index (χ0v) is 13.1. The number of aliphatic carboxylic acids is 1. The summed E-state index contributed by atoms with van der Waals surface area (Å²) < 4.78 is 0. The zero-order valence-electron chi connectivity index (χ0n) is 12.2. The standard InChI is InChI=1S/C17H19NO2S/c1-13-3-7-15(8-4-13)18(12-17(19)20)11-14-5-9-16(21-2)10-6-14/h3-10H,11-12H2,1-2H3,(H,19,20). The van der Waals surface area contributed by atoms with E-state index in [1.165, 1.54) is 10.5 Å². The van der Waals surface area contributed by atoms with Gasteiger partial charge in [-0.3, -0.25) is 4.79 Å². The lowest BCUT2D eigenvalue weighted by molar-refractivity contribution is -0.135. The summed E-state index contributed by atoms with van der Waals surface area (Å²) >= 11 is 1.70. The number of benzene rings is 2. The van der Waals surface area contributed by atoms with E-state index in [1.54, 1.807) is 11.8 Å². The summed E-state index contributed by atoms with van der Waals surface area (Å²) in [5, 5.41) is 9.11. The van der Waals surface area contributed by atoms with Gasteiger partial charge in [-0.25, -0.2) is 0 Å². The highest BCUT2D eigenvalue weighted by Crippen LogP contribution is 2.20. The highest BCUT2D eigenvalue weighted by atomic mass is 32.2. The minimum atomic E-state index is -0.823. The van der Waals surface area contributed by atoms with Crippen molar-refractivity contribution >= 4 is 23.4 Å². The Morgan fingerprint density at radius 1 is 1.10 bits per heavy atom. The van der Waals surface area contributed by atoms with Gasteiger partial charge in [0.2, 0.25) is 0 Å². The Bertz CT molecular complexity index is 593. The predicted molar refractivity (Wildman–Crippen MR) is 88.1 cm³/mol. The summed E-state index contributed by atoms with van der Waals surface area (Å²) in [6.07, 6.45) is 2.04. The molecule has 0 fully saturated rings. The van der Waals surface area contributed by atoms with Crippen LogP contribution in [0.15, 0.2) is 53.4 Å². The number of carbonyl (C=O) groups is 1. The van der Waals surface area contributed by atoms with Gasteiger partial charge in [-0.05, 0) is 43.0 Å². The first-order valence-corrected chi connectivity index (χ1v) is 7.97. The second kappa shape index (κ2) is 7.18. The topological polar surface area (TPSA) is 40.5 Å². The van der Waals surface area contributed by atoms with E-state index in [4.69, 9.17) is 5.11 Å². The summed E-state index contributed by atoms with van der Waals surface area (Å²) in [5.41, 5.74) is 3.20. The van der Waals surface area contributed by atoms with Crippen LogP contribution < -0.4 is 4.90 Å². The Morgan fingerprint density at radius 2 is 1.71 bits per heavy atom. The Labute approximate surface area is 129 Å². The van der Waals surface area contributed by atoms with E-state index in [0.29, 0.717) is 6.54 Å². The zero-order chi connectivity index (χ0) is 15.2. The first-order chi connectivity index (χ1) is 10.1.